The van der Waals surface area contributed by atoms with Crippen molar-refractivity contribution >= 4 is 50.7 Å². The summed E-state index contributed by atoms with van der Waals surface area (Å²) in [6.07, 6.45) is 2.59. The van der Waals surface area contributed by atoms with Gasteiger partial charge in [0.25, 0.3) is 0 Å². The third-order valence-corrected chi connectivity index (χ3v) is 8.62. The molecule has 3 aromatic carbocycles. The van der Waals surface area contributed by atoms with Gasteiger partial charge in [-0.1, -0.05) is 78.7 Å². The van der Waals surface area contributed by atoms with E-state index in [-0.39, 0.29) is 43.8 Å². The van der Waals surface area contributed by atoms with Gasteiger partial charge >= 0.3 is 0 Å². The number of nitrogens with one attached hydrogen (secondary N) is 1. The number of hydrogen-bond donors (Lipinski definition) is 1. The first kappa shape index (κ1) is 33.4. The Labute approximate surface area is 259 Å². The Bertz CT molecular complexity index is 1450. The number of nitrogens with zero attached hydrogens (tertiary/aromatic N) is 2. The van der Waals surface area contributed by atoms with Gasteiger partial charge in [0.05, 0.1) is 11.9 Å². The van der Waals surface area contributed by atoms with Crippen molar-refractivity contribution in [1.82, 2.24) is 10.2 Å². The topological polar surface area (TPSA) is 86.8 Å². The predicted octanol–water partition coefficient (Wildman–Crippen LogP) is 6.27. The zero-order valence-corrected chi connectivity index (χ0v) is 26.8. The summed E-state index contributed by atoms with van der Waals surface area (Å²) < 4.78 is 26.6. The number of aryl methyl sites for hydroxylation is 1. The van der Waals surface area contributed by atoms with Crippen LogP contribution in [0.1, 0.15) is 50.3 Å². The van der Waals surface area contributed by atoms with Gasteiger partial charge in [0.15, 0.2) is 0 Å². The molecule has 0 radical (unpaired) electrons. The second-order valence-electron chi connectivity index (χ2n) is 10.6. The first-order valence-corrected chi connectivity index (χ1v) is 16.6. The van der Waals surface area contributed by atoms with Crippen molar-refractivity contribution in [3.63, 3.8) is 0 Å². The van der Waals surface area contributed by atoms with Gasteiger partial charge in [-0.3, -0.25) is 13.9 Å². The fourth-order valence-electron chi connectivity index (χ4n) is 4.67. The zero-order valence-electron chi connectivity index (χ0n) is 24.5. The fourth-order valence-corrected chi connectivity index (χ4v) is 6.10. The van der Waals surface area contributed by atoms with Crippen LogP contribution in [0.5, 0.6) is 0 Å². The van der Waals surface area contributed by atoms with E-state index in [2.05, 4.69) is 5.32 Å². The average Bonchev–Trinajstić information content (AvgIpc) is 2.93. The largest absolute Gasteiger partial charge is 0.352 e. The quantitative estimate of drug-likeness (QED) is 0.227. The molecule has 0 heterocycles. The van der Waals surface area contributed by atoms with Crippen molar-refractivity contribution in [2.75, 3.05) is 17.1 Å². The minimum absolute atomic E-state index is 0.0323. The summed E-state index contributed by atoms with van der Waals surface area (Å²) in [6.45, 7) is 5.97. The number of carbonyl (C=O) groups excluding carboxylic acids is 2. The predicted molar refractivity (Wildman–Crippen MR) is 171 cm³/mol. The molecule has 0 unspecified atom stereocenters. The first-order chi connectivity index (χ1) is 19.9. The maximum Gasteiger partial charge on any atom is 0.243 e. The molecule has 3 aromatic rings. The van der Waals surface area contributed by atoms with Crippen molar-refractivity contribution in [1.29, 1.82) is 0 Å². The maximum atomic E-state index is 13.9. The summed E-state index contributed by atoms with van der Waals surface area (Å²) in [5.41, 5.74) is 3.20. The van der Waals surface area contributed by atoms with Crippen LogP contribution < -0.4 is 9.62 Å². The molecule has 0 aliphatic carbocycles. The van der Waals surface area contributed by atoms with E-state index >= 15 is 0 Å². The molecule has 10 heteroatoms. The number of hydrogen-bond acceptors (Lipinski definition) is 4. The highest BCUT2D eigenvalue weighted by Gasteiger charge is 2.31. The molecule has 0 fully saturated rings. The van der Waals surface area contributed by atoms with E-state index in [0.29, 0.717) is 27.7 Å². The van der Waals surface area contributed by atoms with Gasteiger partial charge in [-0.15, -0.1) is 0 Å². The van der Waals surface area contributed by atoms with Gasteiger partial charge in [0.1, 0.15) is 6.04 Å². The smallest absolute Gasteiger partial charge is 0.243 e. The van der Waals surface area contributed by atoms with Crippen molar-refractivity contribution in [2.24, 2.45) is 0 Å². The summed E-state index contributed by atoms with van der Waals surface area (Å²) in [6, 6.07) is 21.0. The minimum atomic E-state index is -3.58. The number of sulfonamides is 1. The van der Waals surface area contributed by atoms with Gasteiger partial charge in [-0.05, 0) is 67.6 Å². The van der Waals surface area contributed by atoms with Crippen LogP contribution in [-0.2, 0) is 39.0 Å². The highest BCUT2D eigenvalue weighted by Crippen LogP contribution is 2.25. The minimum Gasteiger partial charge on any atom is -0.352 e. The Hall–Kier alpha value is -3.07. The number of anilines is 1. The van der Waals surface area contributed by atoms with Crippen LogP contribution in [0.25, 0.3) is 0 Å². The van der Waals surface area contributed by atoms with E-state index in [0.717, 1.165) is 23.8 Å². The van der Waals surface area contributed by atoms with Gasteiger partial charge in [0.2, 0.25) is 21.8 Å². The number of halogens is 2. The highest BCUT2D eigenvalue weighted by atomic mass is 35.5. The molecule has 0 saturated carbocycles. The maximum absolute atomic E-state index is 13.9. The summed E-state index contributed by atoms with van der Waals surface area (Å²) in [7, 11) is -3.58. The lowest BCUT2D eigenvalue weighted by molar-refractivity contribution is -0.141. The van der Waals surface area contributed by atoms with Crippen LogP contribution in [0.4, 0.5) is 5.69 Å². The number of carbonyl (C=O) groups is 2. The second-order valence-corrected chi connectivity index (χ2v) is 13.3. The van der Waals surface area contributed by atoms with Gasteiger partial charge in [-0.25, -0.2) is 8.42 Å². The van der Waals surface area contributed by atoms with E-state index < -0.39 is 16.1 Å². The molecule has 0 spiro atoms. The lowest BCUT2D eigenvalue weighted by Crippen LogP contribution is -2.51. The Morgan fingerprint density at radius 3 is 2.17 bits per heavy atom. The third kappa shape index (κ3) is 9.75. The van der Waals surface area contributed by atoms with E-state index in [1.54, 1.807) is 35.2 Å². The SMILES string of the molecule is CCc1ccc(N(CCCC(=O)N(Cc2ccc(Cl)cc2Cl)[C@@H](Cc2ccccc2)C(=O)NC(C)C)S(C)(=O)=O)cc1. The van der Waals surface area contributed by atoms with E-state index in [4.69, 9.17) is 23.2 Å². The van der Waals surface area contributed by atoms with Crippen molar-refractivity contribution in [3.05, 3.63) is 99.5 Å². The van der Waals surface area contributed by atoms with Gasteiger partial charge in [-0.2, -0.15) is 0 Å². The lowest BCUT2D eigenvalue weighted by atomic mass is 10.0. The molecule has 2 amide bonds. The Kier molecular flexibility index (Phi) is 12.3. The van der Waals surface area contributed by atoms with Crippen molar-refractivity contribution < 1.29 is 18.0 Å². The first-order valence-electron chi connectivity index (χ1n) is 14.0. The molecule has 7 nitrogen and oxygen atoms in total. The summed E-state index contributed by atoms with van der Waals surface area (Å²) >= 11 is 12.6. The fraction of sp³-hybridized carbons (Fsp3) is 0.375. The van der Waals surface area contributed by atoms with Gasteiger partial charge in [0, 0.05) is 42.0 Å². The Morgan fingerprint density at radius 2 is 1.60 bits per heavy atom. The molecule has 42 heavy (non-hydrogen) atoms. The number of benzene rings is 3. The molecule has 0 bridgehead atoms. The molecule has 0 aliphatic heterocycles. The molecule has 1 atom stereocenters. The van der Waals surface area contributed by atoms with Crippen LogP contribution in [0, 0.1) is 0 Å². The molecule has 0 saturated heterocycles. The number of rotatable bonds is 14. The number of amides is 2. The normalized spacial score (nSPS) is 12.2. The lowest BCUT2D eigenvalue weighted by Gasteiger charge is -2.32. The molecular weight excluding hydrogens is 593 g/mol. The standard InChI is InChI=1S/C32H39Cl2N3O4S/c1-5-24-13-17-28(18-14-24)37(42(4,40)41)19-9-12-31(38)36(22-26-15-16-27(33)21-29(26)34)30(32(39)35-23(2)3)20-25-10-7-6-8-11-25/h6-8,10-11,13-18,21,23,30H,5,9,12,19-20,22H2,1-4H3,(H,35,39)/t30-/m0/s1. The molecule has 1 N–H and O–H groups in total. The molecule has 3 rings (SSSR count). The highest BCUT2D eigenvalue weighted by molar-refractivity contribution is 7.92. The van der Waals surface area contributed by atoms with Gasteiger partial charge < -0.3 is 10.2 Å². The van der Waals surface area contributed by atoms with Crippen LogP contribution in [0.15, 0.2) is 72.8 Å². The molecule has 226 valence electrons. The molecule has 0 aromatic heterocycles. The van der Waals surface area contributed by atoms with E-state index in [1.165, 1.54) is 4.31 Å². The Morgan fingerprint density at radius 1 is 0.929 bits per heavy atom. The average molecular weight is 633 g/mol. The monoisotopic (exact) mass is 631 g/mol. The summed E-state index contributed by atoms with van der Waals surface area (Å²) in [5, 5.41) is 3.81. The van der Waals surface area contributed by atoms with E-state index in [1.807, 2.05) is 63.2 Å². The van der Waals surface area contributed by atoms with Crippen LogP contribution >= 0.6 is 23.2 Å². The van der Waals surface area contributed by atoms with Crippen molar-refractivity contribution in [3.8, 4) is 0 Å². The van der Waals surface area contributed by atoms with Crippen LogP contribution in [0.2, 0.25) is 10.0 Å². The van der Waals surface area contributed by atoms with E-state index in [9.17, 15) is 18.0 Å². The summed E-state index contributed by atoms with van der Waals surface area (Å²) in [4.78, 5) is 29.0. The molecule has 0 aliphatic rings. The molecular formula is C32H39Cl2N3O4S. The summed E-state index contributed by atoms with van der Waals surface area (Å²) in [5.74, 6) is -0.559. The van der Waals surface area contributed by atoms with Crippen LogP contribution in [-0.4, -0.2) is 50.0 Å². The Balaban J connectivity index is 1.90. The van der Waals surface area contributed by atoms with Crippen molar-refractivity contribution in [2.45, 2.75) is 65.1 Å². The second kappa shape index (κ2) is 15.4. The third-order valence-electron chi connectivity index (χ3n) is 6.84. The zero-order chi connectivity index (χ0) is 30.9. The van der Waals surface area contributed by atoms with Crippen LogP contribution in [0.3, 0.4) is 0 Å².